The Morgan fingerprint density at radius 1 is 1.22 bits per heavy atom. The number of rotatable bonds is 6. The Balaban J connectivity index is 1.82. The molecular weight excluding hydrogens is 345 g/mol. The molecule has 0 aliphatic carbocycles. The largest absolute Gasteiger partial charge is 0.497 e. The highest BCUT2D eigenvalue weighted by Gasteiger charge is 2.20. The Morgan fingerprint density at radius 3 is 2.56 bits per heavy atom. The van der Waals surface area contributed by atoms with Crippen molar-refractivity contribution in [2.24, 2.45) is 0 Å². The number of hydrogen-bond donors (Lipinski definition) is 1. The fourth-order valence-electron chi connectivity index (χ4n) is 2.99. The average Bonchev–Trinajstić information content (AvgIpc) is 3.08. The van der Waals surface area contributed by atoms with E-state index in [9.17, 15) is 9.18 Å². The van der Waals surface area contributed by atoms with Gasteiger partial charge in [0.05, 0.1) is 30.6 Å². The summed E-state index contributed by atoms with van der Waals surface area (Å²) < 4.78 is 20.7. The first-order valence-electron chi connectivity index (χ1n) is 8.79. The van der Waals surface area contributed by atoms with Crippen LogP contribution in [0.15, 0.2) is 54.7 Å². The molecular formula is C21H22FN3O2. The number of carbonyl (C=O) groups is 1. The smallest absolute Gasteiger partial charge is 0.255 e. The summed E-state index contributed by atoms with van der Waals surface area (Å²) in [6, 6.07) is 13.8. The molecule has 1 N–H and O–H groups in total. The number of carbonyl (C=O) groups excluding carboxylic acids is 1. The molecule has 0 aliphatic rings. The van der Waals surface area contributed by atoms with E-state index in [2.05, 4.69) is 10.4 Å². The molecule has 140 valence electrons. The van der Waals surface area contributed by atoms with E-state index in [4.69, 9.17) is 4.74 Å². The summed E-state index contributed by atoms with van der Waals surface area (Å²) in [6.45, 7) is 3.76. The molecule has 0 fully saturated rings. The Hall–Kier alpha value is -3.15. The van der Waals surface area contributed by atoms with Gasteiger partial charge in [-0.25, -0.2) is 9.07 Å². The molecule has 0 radical (unpaired) electrons. The Bertz CT molecular complexity index is 935. The zero-order valence-electron chi connectivity index (χ0n) is 15.6. The summed E-state index contributed by atoms with van der Waals surface area (Å²) in [5, 5.41) is 7.23. The van der Waals surface area contributed by atoms with Crippen molar-refractivity contribution in [2.45, 2.75) is 26.3 Å². The van der Waals surface area contributed by atoms with Crippen molar-refractivity contribution >= 4 is 5.91 Å². The third kappa shape index (κ3) is 3.84. The number of methoxy groups -OCH3 is 1. The first-order valence-corrected chi connectivity index (χ1v) is 8.79. The normalized spacial score (nSPS) is 11.9. The second kappa shape index (κ2) is 8.03. The van der Waals surface area contributed by atoms with E-state index in [1.165, 1.54) is 16.9 Å². The van der Waals surface area contributed by atoms with Crippen LogP contribution in [0, 0.1) is 12.7 Å². The van der Waals surface area contributed by atoms with Crippen LogP contribution >= 0.6 is 0 Å². The van der Waals surface area contributed by atoms with Crippen molar-refractivity contribution in [3.63, 3.8) is 0 Å². The molecule has 6 heteroatoms. The molecule has 2 aromatic carbocycles. The fourth-order valence-corrected chi connectivity index (χ4v) is 2.99. The van der Waals surface area contributed by atoms with Gasteiger partial charge in [-0.05, 0) is 43.2 Å². The standard InChI is InChI=1S/C21H22FN3O2/c1-4-19(15-9-11-16(27-3)12-10-15)24-21(26)17-13-23-25(14(17)2)20-8-6-5-7-18(20)22/h5-13,19H,4H2,1-3H3,(H,24,26). The SMILES string of the molecule is CCC(NC(=O)c1cnn(-c2ccccc2F)c1C)c1ccc(OC)cc1. The van der Waals surface area contributed by atoms with Crippen LogP contribution < -0.4 is 10.1 Å². The predicted molar refractivity (Wildman–Crippen MR) is 102 cm³/mol. The summed E-state index contributed by atoms with van der Waals surface area (Å²) in [6.07, 6.45) is 2.20. The lowest BCUT2D eigenvalue weighted by atomic mass is 10.0. The van der Waals surface area contributed by atoms with Crippen LogP contribution in [0.4, 0.5) is 4.39 Å². The van der Waals surface area contributed by atoms with Gasteiger partial charge in [0.15, 0.2) is 0 Å². The van der Waals surface area contributed by atoms with Gasteiger partial charge >= 0.3 is 0 Å². The molecule has 0 aliphatic heterocycles. The maximum Gasteiger partial charge on any atom is 0.255 e. The van der Waals surface area contributed by atoms with Crippen molar-refractivity contribution in [1.82, 2.24) is 15.1 Å². The average molecular weight is 367 g/mol. The van der Waals surface area contributed by atoms with E-state index in [-0.39, 0.29) is 17.8 Å². The van der Waals surface area contributed by atoms with E-state index < -0.39 is 0 Å². The third-order valence-corrected chi connectivity index (χ3v) is 4.57. The molecule has 3 aromatic rings. The number of para-hydroxylation sites is 1. The van der Waals surface area contributed by atoms with Gasteiger partial charge in [-0.2, -0.15) is 5.10 Å². The lowest BCUT2D eigenvalue weighted by Gasteiger charge is -2.18. The lowest BCUT2D eigenvalue weighted by Crippen LogP contribution is -2.28. The summed E-state index contributed by atoms with van der Waals surface area (Å²) >= 11 is 0. The maximum atomic E-state index is 14.0. The monoisotopic (exact) mass is 367 g/mol. The van der Waals surface area contributed by atoms with Crippen LogP contribution in [0.25, 0.3) is 5.69 Å². The van der Waals surface area contributed by atoms with Crippen LogP contribution in [0.5, 0.6) is 5.75 Å². The van der Waals surface area contributed by atoms with Gasteiger partial charge in [0.25, 0.3) is 5.91 Å². The van der Waals surface area contributed by atoms with E-state index in [0.717, 1.165) is 17.7 Å². The Kier molecular flexibility index (Phi) is 5.54. The van der Waals surface area contributed by atoms with Gasteiger partial charge in [0.1, 0.15) is 17.3 Å². The zero-order valence-corrected chi connectivity index (χ0v) is 15.6. The Labute approximate surface area is 157 Å². The first-order chi connectivity index (χ1) is 13.0. The van der Waals surface area contributed by atoms with Crippen LogP contribution in [0.1, 0.15) is 41.0 Å². The van der Waals surface area contributed by atoms with Crippen molar-refractivity contribution in [3.8, 4) is 11.4 Å². The minimum Gasteiger partial charge on any atom is -0.497 e. The second-order valence-corrected chi connectivity index (χ2v) is 6.21. The Morgan fingerprint density at radius 2 is 1.93 bits per heavy atom. The number of nitrogens with zero attached hydrogens (tertiary/aromatic N) is 2. The molecule has 0 spiro atoms. The molecule has 1 unspecified atom stereocenters. The number of ether oxygens (including phenoxy) is 1. The summed E-state index contributed by atoms with van der Waals surface area (Å²) in [5.74, 6) is 0.139. The minimum atomic E-state index is -0.389. The highest BCUT2D eigenvalue weighted by Crippen LogP contribution is 2.22. The second-order valence-electron chi connectivity index (χ2n) is 6.21. The fraction of sp³-hybridized carbons (Fsp3) is 0.238. The molecule has 5 nitrogen and oxygen atoms in total. The minimum absolute atomic E-state index is 0.139. The quantitative estimate of drug-likeness (QED) is 0.710. The molecule has 0 saturated carbocycles. The van der Waals surface area contributed by atoms with Crippen molar-refractivity contribution < 1.29 is 13.9 Å². The van der Waals surface area contributed by atoms with Crippen molar-refractivity contribution in [1.29, 1.82) is 0 Å². The van der Waals surface area contributed by atoms with E-state index in [1.807, 2.05) is 31.2 Å². The number of amides is 1. The van der Waals surface area contributed by atoms with Crippen molar-refractivity contribution in [2.75, 3.05) is 7.11 Å². The van der Waals surface area contributed by atoms with Gasteiger partial charge in [0.2, 0.25) is 0 Å². The molecule has 0 saturated heterocycles. The summed E-state index contributed by atoms with van der Waals surface area (Å²) in [5.41, 5.74) is 2.31. The van der Waals surface area contributed by atoms with Crippen LogP contribution in [-0.4, -0.2) is 22.8 Å². The predicted octanol–water partition coefficient (Wildman–Crippen LogP) is 4.21. The molecule has 1 amide bonds. The number of hydrogen-bond acceptors (Lipinski definition) is 3. The van der Waals surface area contributed by atoms with Gasteiger partial charge < -0.3 is 10.1 Å². The highest BCUT2D eigenvalue weighted by atomic mass is 19.1. The van der Waals surface area contributed by atoms with E-state index in [1.54, 1.807) is 32.2 Å². The first kappa shape index (κ1) is 18.6. The number of benzene rings is 2. The number of halogens is 1. The molecule has 0 bridgehead atoms. The lowest BCUT2D eigenvalue weighted by molar-refractivity contribution is 0.0935. The van der Waals surface area contributed by atoms with Crippen LogP contribution in [0.2, 0.25) is 0 Å². The molecule has 1 atom stereocenters. The van der Waals surface area contributed by atoms with Crippen molar-refractivity contribution in [3.05, 3.63) is 77.4 Å². The van der Waals surface area contributed by atoms with Gasteiger partial charge in [-0.1, -0.05) is 31.2 Å². The van der Waals surface area contributed by atoms with E-state index in [0.29, 0.717) is 16.9 Å². The molecule has 1 aromatic heterocycles. The van der Waals surface area contributed by atoms with Gasteiger partial charge in [0, 0.05) is 0 Å². The number of nitrogens with one attached hydrogen (secondary N) is 1. The third-order valence-electron chi connectivity index (χ3n) is 4.57. The highest BCUT2D eigenvalue weighted by molar-refractivity contribution is 5.95. The van der Waals surface area contributed by atoms with Gasteiger partial charge in [-0.15, -0.1) is 0 Å². The van der Waals surface area contributed by atoms with Crippen LogP contribution in [0.3, 0.4) is 0 Å². The van der Waals surface area contributed by atoms with E-state index >= 15 is 0 Å². The zero-order chi connectivity index (χ0) is 19.4. The maximum absolute atomic E-state index is 14.0. The number of aromatic nitrogens is 2. The molecule has 3 rings (SSSR count). The topological polar surface area (TPSA) is 56.2 Å². The summed E-state index contributed by atoms with van der Waals surface area (Å²) in [7, 11) is 1.62. The van der Waals surface area contributed by atoms with Gasteiger partial charge in [-0.3, -0.25) is 4.79 Å². The summed E-state index contributed by atoms with van der Waals surface area (Å²) in [4.78, 5) is 12.8. The molecule has 1 heterocycles. The molecule has 27 heavy (non-hydrogen) atoms. The van der Waals surface area contributed by atoms with Crippen LogP contribution in [-0.2, 0) is 0 Å².